The topological polar surface area (TPSA) is 29.5 Å². The molecule has 0 bridgehead atoms. The van der Waals surface area contributed by atoms with Crippen molar-refractivity contribution in [3.63, 3.8) is 0 Å². The maximum atomic E-state index is 10.1. The van der Waals surface area contributed by atoms with E-state index in [2.05, 4.69) is 0 Å². The molecular formula is C16H17ClO2S. The van der Waals surface area contributed by atoms with Crippen LogP contribution < -0.4 is 4.74 Å². The fourth-order valence-corrected chi connectivity index (χ4v) is 2.88. The molecule has 106 valence electrons. The van der Waals surface area contributed by atoms with Gasteiger partial charge in [-0.25, -0.2) is 0 Å². The first-order valence-electron chi connectivity index (χ1n) is 6.33. The third-order valence-corrected chi connectivity index (χ3v) is 4.30. The summed E-state index contributed by atoms with van der Waals surface area (Å²) in [5, 5.41) is 10.8. The first-order chi connectivity index (χ1) is 9.69. The maximum Gasteiger partial charge on any atom is 0.118 e. The summed E-state index contributed by atoms with van der Waals surface area (Å²) in [7, 11) is 1.66. The van der Waals surface area contributed by atoms with E-state index in [0.29, 0.717) is 10.8 Å². The van der Waals surface area contributed by atoms with Crippen LogP contribution in [0.15, 0.2) is 48.5 Å². The van der Waals surface area contributed by atoms with E-state index in [0.717, 1.165) is 17.1 Å². The Labute approximate surface area is 128 Å². The van der Waals surface area contributed by atoms with Crippen LogP contribution in [0.4, 0.5) is 0 Å². The van der Waals surface area contributed by atoms with Crippen molar-refractivity contribution in [1.82, 2.24) is 0 Å². The minimum absolute atomic E-state index is 0.462. The fourth-order valence-electron chi connectivity index (χ4n) is 1.79. The molecule has 0 aromatic heterocycles. The summed E-state index contributed by atoms with van der Waals surface area (Å²) in [4.78, 5) is 0. The molecule has 0 heterocycles. The molecule has 0 radical (unpaired) electrons. The Morgan fingerprint density at radius 1 is 1.10 bits per heavy atom. The molecule has 1 N–H and O–H groups in total. The molecule has 2 rings (SSSR count). The average molecular weight is 309 g/mol. The van der Waals surface area contributed by atoms with Gasteiger partial charge in [-0.2, -0.15) is 11.8 Å². The Balaban J connectivity index is 1.81. The molecule has 0 aliphatic carbocycles. The van der Waals surface area contributed by atoms with Gasteiger partial charge in [-0.3, -0.25) is 0 Å². The quantitative estimate of drug-likeness (QED) is 0.862. The second kappa shape index (κ2) is 7.58. The summed E-state index contributed by atoms with van der Waals surface area (Å²) in [5.74, 6) is 2.39. The summed E-state index contributed by atoms with van der Waals surface area (Å²) in [6.45, 7) is 0. The van der Waals surface area contributed by atoms with Crippen LogP contribution in [0.2, 0.25) is 5.02 Å². The largest absolute Gasteiger partial charge is 0.497 e. The van der Waals surface area contributed by atoms with E-state index in [9.17, 15) is 5.11 Å². The van der Waals surface area contributed by atoms with E-state index in [1.807, 2.05) is 36.4 Å². The second-order valence-corrected chi connectivity index (χ2v) is 5.90. The number of aliphatic hydroxyl groups is 1. The van der Waals surface area contributed by atoms with Gasteiger partial charge in [0.05, 0.1) is 13.2 Å². The van der Waals surface area contributed by atoms with Gasteiger partial charge in [0.1, 0.15) is 5.75 Å². The first-order valence-corrected chi connectivity index (χ1v) is 7.86. The number of thioether (sulfide) groups is 1. The number of methoxy groups -OCH3 is 1. The van der Waals surface area contributed by atoms with Gasteiger partial charge in [0.2, 0.25) is 0 Å². The Kier molecular flexibility index (Phi) is 5.77. The van der Waals surface area contributed by atoms with Gasteiger partial charge in [0.15, 0.2) is 0 Å². The fraction of sp³-hybridized carbons (Fsp3) is 0.250. The zero-order chi connectivity index (χ0) is 14.4. The Morgan fingerprint density at radius 2 is 1.75 bits per heavy atom. The summed E-state index contributed by atoms with van der Waals surface area (Å²) in [5.41, 5.74) is 2.12. The molecular weight excluding hydrogens is 292 g/mol. The zero-order valence-electron chi connectivity index (χ0n) is 11.3. The van der Waals surface area contributed by atoms with Crippen molar-refractivity contribution in [3.8, 4) is 5.75 Å². The molecule has 0 aliphatic heterocycles. The van der Waals surface area contributed by atoms with Crippen molar-refractivity contribution in [2.75, 3.05) is 12.9 Å². The summed E-state index contributed by atoms with van der Waals surface area (Å²) in [6.07, 6.45) is -0.462. The molecule has 0 aliphatic rings. The molecule has 1 atom stereocenters. The lowest BCUT2D eigenvalue weighted by Crippen LogP contribution is -2.00. The summed E-state index contributed by atoms with van der Waals surface area (Å²) < 4.78 is 5.12. The highest BCUT2D eigenvalue weighted by molar-refractivity contribution is 7.98. The van der Waals surface area contributed by atoms with Gasteiger partial charge in [-0.15, -0.1) is 0 Å². The molecule has 2 nitrogen and oxygen atoms in total. The lowest BCUT2D eigenvalue weighted by atomic mass is 10.1. The van der Waals surface area contributed by atoms with E-state index in [1.54, 1.807) is 31.0 Å². The number of aliphatic hydroxyl groups excluding tert-OH is 1. The Hall–Kier alpha value is -1.16. The molecule has 0 amide bonds. The Bertz CT molecular complexity index is 525. The molecule has 20 heavy (non-hydrogen) atoms. The van der Waals surface area contributed by atoms with Crippen molar-refractivity contribution >= 4 is 23.4 Å². The molecule has 1 unspecified atom stereocenters. The third-order valence-electron chi connectivity index (χ3n) is 2.96. The molecule has 0 fully saturated rings. The monoisotopic (exact) mass is 308 g/mol. The van der Waals surface area contributed by atoms with E-state index in [-0.39, 0.29) is 0 Å². The number of halogens is 1. The molecule has 0 saturated heterocycles. The van der Waals surface area contributed by atoms with Crippen molar-refractivity contribution in [1.29, 1.82) is 0 Å². The highest BCUT2D eigenvalue weighted by Crippen LogP contribution is 2.23. The molecule has 0 saturated carbocycles. The molecule has 0 spiro atoms. The van der Waals surface area contributed by atoms with Gasteiger partial charge in [-0.05, 0) is 35.4 Å². The third kappa shape index (κ3) is 4.44. The normalized spacial score (nSPS) is 12.2. The van der Waals surface area contributed by atoms with Crippen molar-refractivity contribution in [2.45, 2.75) is 11.9 Å². The molecule has 4 heteroatoms. The van der Waals surface area contributed by atoms with Gasteiger partial charge in [-0.1, -0.05) is 35.9 Å². The van der Waals surface area contributed by atoms with E-state index in [4.69, 9.17) is 16.3 Å². The van der Waals surface area contributed by atoms with Gasteiger partial charge in [0.25, 0.3) is 0 Å². The van der Waals surface area contributed by atoms with Crippen LogP contribution in [-0.2, 0) is 5.75 Å². The highest BCUT2D eigenvalue weighted by atomic mass is 35.5. The predicted molar refractivity (Wildman–Crippen MR) is 85.6 cm³/mol. The first kappa shape index (κ1) is 15.2. The number of rotatable bonds is 6. The van der Waals surface area contributed by atoms with Gasteiger partial charge >= 0.3 is 0 Å². The summed E-state index contributed by atoms with van der Waals surface area (Å²) in [6, 6.07) is 15.3. The predicted octanol–water partition coefficient (Wildman–Crippen LogP) is 4.32. The number of ether oxygens (including phenoxy) is 1. The van der Waals surface area contributed by atoms with Crippen LogP contribution in [0, 0.1) is 0 Å². The van der Waals surface area contributed by atoms with Crippen LogP contribution in [0.5, 0.6) is 5.75 Å². The minimum Gasteiger partial charge on any atom is -0.497 e. The smallest absolute Gasteiger partial charge is 0.118 e. The van der Waals surface area contributed by atoms with Crippen molar-refractivity contribution in [3.05, 3.63) is 64.7 Å². The van der Waals surface area contributed by atoms with Crippen LogP contribution >= 0.6 is 23.4 Å². The van der Waals surface area contributed by atoms with Crippen LogP contribution in [-0.4, -0.2) is 18.0 Å². The second-order valence-electron chi connectivity index (χ2n) is 4.43. The lowest BCUT2D eigenvalue weighted by Gasteiger charge is -2.11. The van der Waals surface area contributed by atoms with E-state index in [1.165, 1.54) is 5.56 Å². The number of hydrogen-bond donors (Lipinski definition) is 1. The van der Waals surface area contributed by atoms with Crippen LogP contribution in [0.3, 0.4) is 0 Å². The average Bonchev–Trinajstić information content (AvgIpc) is 2.48. The lowest BCUT2D eigenvalue weighted by molar-refractivity contribution is 0.204. The SMILES string of the molecule is COc1ccc(CSCC(O)c2ccc(Cl)cc2)cc1. The Morgan fingerprint density at radius 3 is 2.35 bits per heavy atom. The van der Waals surface area contributed by atoms with Crippen LogP contribution in [0.25, 0.3) is 0 Å². The standard InChI is InChI=1S/C16H17ClO2S/c1-19-15-8-2-12(3-9-15)10-20-11-16(18)13-4-6-14(17)7-5-13/h2-9,16,18H,10-11H2,1H3. The number of hydrogen-bond acceptors (Lipinski definition) is 3. The highest BCUT2D eigenvalue weighted by Gasteiger charge is 2.07. The summed E-state index contributed by atoms with van der Waals surface area (Å²) >= 11 is 7.53. The van der Waals surface area contributed by atoms with E-state index < -0.39 is 6.10 Å². The number of benzene rings is 2. The van der Waals surface area contributed by atoms with Crippen molar-refractivity contribution in [2.24, 2.45) is 0 Å². The van der Waals surface area contributed by atoms with E-state index >= 15 is 0 Å². The van der Waals surface area contributed by atoms with Crippen LogP contribution in [0.1, 0.15) is 17.2 Å². The van der Waals surface area contributed by atoms with Gasteiger partial charge < -0.3 is 9.84 Å². The molecule has 2 aromatic rings. The van der Waals surface area contributed by atoms with Gasteiger partial charge in [0, 0.05) is 16.5 Å². The zero-order valence-corrected chi connectivity index (χ0v) is 12.8. The molecule has 2 aromatic carbocycles. The van der Waals surface area contributed by atoms with Crippen molar-refractivity contribution < 1.29 is 9.84 Å². The minimum atomic E-state index is -0.462. The maximum absolute atomic E-state index is 10.1.